The molecule has 0 aromatic heterocycles. The van der Waals surface area contributed by atoms with Gasteiger partial charge in [-0.05, 0) is 44.0 Å². The van der Waals surface area contributed by atoms with Crippen molar-refractivity contribution in [3.63, 3.8) is 0 Å². The summed E-state index contributed by atoms with van der Waals surface area (Å²) in [6, 6.07) is -0.876. The predicted octanol–water partition coefficient (Wildman–Crippen LogP) is 0.640. The Morgan fingerprint density at radius 1 is 1.62 bits per heavy atom. The number of piperidine rings is 1. The summed E-state index contributed by atoms with van der Waals surface area (Å²) < 4.78 is 17.9. The molecule has 6 N–H and O–H groups in total. The second kappa shape index (κ2) is 8.73. The molecule has 24 heavy (non-hydrogen) atoms. The number of hydrogen-bond donors (Lipinski definition) is 5. The lowest BCUT2D eigenvalue weighted by Gasteiger charge is -2.48. The van der Waals surface area contributed by atoms with Gasteiger partial charge in [0.1, 0.15) is 5.83 Å². The summed E-state index contributed by atoms with van der Waals surface area (Å²) in [5.41, 5.74) is 7.38. The molecule has 2 rings (SSSR count). The Morgan fingerprint density at radius 2 is 2.38 bits per heavy atom. The van der Waals surface area contributed by atoms with Gasteiger partial charge in [0.05, 0.1) is 24.4 Å². The number of halogens is 1. The summed E-state index contributed by atoms with van der Waals surface area (Å²) >= 11 is 0. The first-order chi connectivity index (χ1) is 11.5. The molecule has 0 saturated carbocycles. The van der Waals surface area contributed by atoms with Gasteiger partial charge in [0, 0.05) is 13.0 Å². The van der Waals surface area contributed by atoms with Crippen LogP contribution in [0.4, 0.5) is 4.39 Å². The molecule has 2 aliphatic rings. The maximum absolute atomic E-state index is 13.0. The molecule has 0 amide bonds. The van der Waals surface area contributed by atoms with E-state index in [0.29, 0.717) is 6.42 Å². The molecule has 0 spiro atoms. The zero-order valence-corrected chi connectivity index (χ0v) is 14.0. The van der Waals surface area contributed by atoms with Crippen LogP contribution in [0.3, 0.4) is 0 Å². The van der Waals surface area contributed by atoms with Crippen LogP contribution in [0.1, 0.15) is 25.7 Å². The quantitative estimate of drug-likeness (QED) is 0.265. The molecule has 0 aliphatic carbocycles. The topological polar surface area (TPSA) is 99.8 Å². The van der Waals surface area contributed by atoms with Crippen molar-refractivity contribution in [3.05, 3.63) is 36.3 Å². The van der Waals surface area contributed by atoms with Crippen molar-refractivity contribution in [2.45, 2.75) is 56.3 Å². The van der Waals surface area contributed by atoms with Crippen LogP contribution >= 0.6 is 0 Å². The van der Waals surface area contributed by atoms with Gasteiger partial charge in [-0.1, -0.05) is 12.2 Å². The summed E-state index contributed by atoms with van der Waals surface area (Å²) in [6.07, 6.45) is 5.43. The number of nitrogens with one attached hydrogen (secondary N) is 2. The smallest absolute Gasteiger partial charge is 0.172 e. The lowest BCUT2D eigenvalue weighted by Crippen LogP contribution is -2.71. The molecule has 0 radical (unpaired) electrons. The normalized spacial score (nSPS) is 34.8. The van der Waals surface area contributed by atoms with Crippen molar-refractivity contribution in [2.75, 3.05) is 7.11 Å². The summed E-state index contributed by atoms with van der Waals surface area (Å²) in [5, 5.41) is 26.6. The van der Waals surface area contributed by atoms with Gasteiger partial charge in [-0.3, -0.25) is 5.32 Å². The van der Waals surface area contributed by atoms with E-state index in [1.54, 1.807) is 0 Å². The number of fused-ring (bicyclic) bond motifs is 1. The molecule has 136 valence electrons. The lowest BCUT2D eigenvalue weighted by atomic mass is 9.78. The van der Waals surface area contributed by atoms with Crippen molar-refractivity contribution in [3.8, 4) is 0 Å². The fourth-order valence-corrected chi connectivity index (χ4v) is 3.42. The molecule has 0 bridgehead atoms. The Kier molecular flexibility index (Phi) is 6.94. The summed E-state index contributed by atoms with van der Waals surface area (Å²) in [5.74, 6) is -0.282. The molecule has 1 fully saturated rings. The number of hydrogen-bond acceptors (Lipinski definition) is 6. The van der Waals surface area contributed by atoms with Crippen LogP contribution in [0.25, 0.3) is 0 Å². The Bertz CT molecular complexity index is 497. The highest BCUT2D eigenvalue weighted by Gasteiger charge is 2.46. The SMILES string of the molecule is C=C/C(F)=C\CCCC1=CNC2C(C1)C(N)NC(C(O)OC)[C@@H]2O. The van der Waals surface area contributed by atoms with E-state index >= 15 is 0 Å². The van der Waals surface area contributed by atoms with Gasteiger partial charge in [0.15, 0.2) is 6.29 Å². The summed E-state index contributed by atoms with van der Waals surface area (Å²) in [6.45, 7) is 3.38. The lowest BCUT2D eigenvalue weighted by molar-refractivity contribution is -0.143. The van der Waals surface area contributed by atoms with E-state index in [1.165, 1.54) is 24.8 Å². The molecule has 6 nitrogen and oxygen atoms in total. The second-order valence-electron chi connectivity index (χ2n) is 6.38. The van der Waals surface area contributed by atoms with Gasteiger partial charge in [-0.2, -0.15) is 0 Å². The van der Waals surface area contributed by atoms with Crippen LogP contribution in [0.15, 0.2) is 36.3 Å². The van der Waals surface area contributed by atoms with Gasteiger partial charge in [0.25, 0.3) is 0 Å². The van der Waals surface area contributed by atoms with Crippen molar-refractivity contribution < 1.29 is 19.3 Å². The molecule has 0 aromatic rings. The van der Waals surface area contributed by atoms with Gasteiger partial charge in [-0.25, -0.2) is 4.39 Å². The van der Waals surface area contributed by atoms with E-state index in [4.69, 9.17) is 10.5 Å². The van der Waals surface area contributed by atoms with E-state index in [-0.39, 0.29) is 24.0 Å². The number of ether oxygens (including phenoxy) is 1. The largest absolute Gasteiger partial charge is 0.389 e. The minimum Gasteiger partial charge on any atom is -0.389 e. The van der Waals surface area contributed by atoms with E-state index < -0.39 is 18.4 Å². The second-order valence-corrected chi connectivity index (χ2v) is 6.38. The standard InChI is InChI=1S/C17H28FN3O3/c1-3-11(18)7-5-4-6-10-8-12-13(20-9-10)15(22)14(17(23)24-2)21-16(12)19/h3,7,9,12-17,20-23H,1,4-6,8,19H2,2H3/b11-7+/t12?,13?,14?,15-,16?,17?/m1/s1. The highest BCUT2D eigenvalue weighted by Crippen LogP contribution is 2.31. The van der Waals surface area contributed by atoms with Crippen LogP contribution in [-0.4, -0.2) is 48.0 Å². The minimum atomic E-state index is -1.12. The average Bonchev–Trinajstić information content (AvgIpc) is 2.60. The van der Waals surface area contributed by atoms with Crippen LogP contribution in [-0.2, 0) is 4.74 Å². The number of unbranched alkanes of at least 4 members (excludes halogenated alkanes) is 1. The molecule has 1 saturated heterocycles. The Balaban J connectivity index is 1.93. The Labute approximate surface area is 142 Å². The first-order valence-corrected chi connectivity index (χ1v) is 8.30. The van der Waals surface area contributed by atoms with Gasteiger partial charge >= 0.3 is 0 Å². The van der Waals surface area contributed by atoms with E-state index in [2.05, 4.69) is 17.2 Å². The molecule has 7 heteroatoms. The Hall–Kier alpha value is -1.25. The molecule has 5 unspecified atom stereocenters. The molecule has 2 heterocycles. The monoisotopic (exact) mass is 341 g/mol. The average molecular weight is 341 g/mol. The van der Waals surface area contributed by atoms with Crippen LogP contribution in [0, 0.1) is 5.92 Å². The number of aliphatic hydroxyl groups is 2. The van der Waals surface area contributed by atoms with E-state index in [9.17, 15) is 14.6 Å². The third kappa shape index (κ3) is 4.43. The van der Waals surface area contributed by atoms with Crippen LogP contribution in [0.2, 0.25) is 0 Å². The van der Waals surface area contributed by atoms with Crippen LogP contribution < -0.4 is 16.4 Å². The fourth-order valence-electron chi connectivity index (χ4n) is 3.42. The molecular weight excluding hydrogens is 313 g/mol. The van der Waals surface area contributed by atoms with Crippen LogP contribution in [0.5, 0.6) is 0 Å². The van der Waals surface area contributed by atoms with Crippen molar-refractivity contribution in [2.24, 2.45) is 11.7 Å². The maximum Gasteiger partial charge on any atom is 0.172 e. The first-order valence-electron chi connectivity index (χ1n) is 8.30. The number of nitrogens with two attached hydrogens (primary N) is 1. The maximum atomic E-state index is 13.0. The van der Waals surface area contributed by atoms with Gasteiger partial charge < -0.3 is 26.0 Å². The highest BCUT2D eigenvalue weighted by atomic mass is 19.1. The van der Waals surface area contributed by atoms with Crippen molar-refractivity contribution >= 4 is 0 Å². The first kappa shape index (κ1) is 19.1. The minimum absolute atomic E-state index is 0.0146. The van der Waals surface area contributed by atoms with Crippen molar-refractivity contribution in [1.82, 2.24) is 10.6 Å². The number of rotatable bonds is 7. The zero-order valence-electron chi connectivity index (χ0n) is 14.0. The molecule has 0 aromatic carbocycles. The number of methoxy groups -OCH3 is 1. The molecule has 2 aliphatic heterocycles. The fraction of sp³-hybridized carbons (Fsp3) is 0.647. The summed E-state index contributed by atoms with van der Waals surface area (Å²) in [7, 11) is 1.38. The number of allylic oxidation sites excluding steroid dienone is 4. The molecule has 6 atom stereocenters. The Morgan fingerprint density at radius 3 is 3.04 bits per heavy atom. The molecular formula is C17H28FN3O3. The zero-order chi connectivity index (χ0) is 17.7. The third-order valence-electron chi connectivity index (χ3n) is 4.81. The van der Waals surface area contributed by atoms with Crippen molar-refractivity contribution in [1.29, 1.82) is 0 Å². The number of aliphatic hydroxyl groups excluding tert-OH is 2. The van der Waals surface area contributed by atoms with Gasteiger partial charge in [-0.15, -0.1) is 0 Å². The predicted molar refractivity (Wildman–Crippen MR) is 90.3 cm³/mol. The van der Waals surface area contributed by atoms with Gasteiger partial charge in [0.2, 0.25) is 0 Å². The third-order valence-corrected chi connectivity index (χ3v) is 4.81. The summed E-state index contributed by atoms with van der Waals surface area (Å²) in [4.78, 5) is 0. The highest BCUT2D eigenvalue weighted by molar-refractivity contribution is 5.15. The van der Waals surface area contributed by atoms with E-state index in [0.717, 1.165) is 19.3 Å². The van der Waals surface area contributed by atoms with E-state index in [1.807, 2.05) is 6.20 Å².